The fourth-order valence-electron chi connectivity index (χ4n) is 0.627. The summed E-state index contributed by atoms with van der Waals surface area (Å²) in [5.74, 6) is 0. The first-order valence-corrected chi connectivity index (χ1v) is 4.90. The minimum Gasteiger partial charge on any atom is -0.268 e. The van der Waals surface area contributed by atoms with E-state index in [-0.39, 0.29) is 0 Å². The lowest BCUT2D eigenvalue weighted by Gasteiger charge is -2.06. The van der Waals surface area contributed by atoms with Crippen molar-refractivity contribution in [1.82, 2.24) is 9.78 Å². The van der Waals surface area contributed by atoms with Gasteiger partial charge in [-0.3, -0.25) is 4.68 Å². The third-order valence-corrected chi connectivity index (χ3v) is 2.71. The molecule has 4 heteroatoms. The second kappa shape index (κ2) is 3.57. The van der Waals surface area contributed by atoms with Crippen LogP contribution >= 0.6 is 34.2 Å². The molecule has 0 saturated heterocycles. The number of aromatic nitrogens is 2. The monoisotopic (exact) mass is 270 g/mol. The van der Waals surface area contributed by atoms with E-state index >= 15 is 0 Å². The maximum Gasteiger partial charge on any atom is 0.0785 e. The molecule has 0 aromatic carbocycles. The van der Waals surface area contributed by atoms with Crippen LogP contribution in [0.2, 0.25) is 5.02 Å². The maximum atomic E-state index is 5.68. The molecular formula is C6H8ClIN2. The van der Waals surface area contributed by atoms with E-state index in [9.17, 15) is 0 Å². The summed E-state index contributed by atoms with van der Waals surface area (Å²) in [6.45, 7) is 2.11. The maximum absolute atomic E-state index is 5.68. The average Bonchev–Trinajstić information content (AvgIpc) is 2.34. The van der Waals surface area contributed by atoms with Crippen LogP contribution in [-0.4, -0.2) is 14.2 Å². The van der Waals surface area contributed by atoms with Crippen molar-refractivity contribution >= 4 is 34.2 Å². The van der Waals surface area contributed by atoms with E-state index < -0.39 is 0 Å². The number of alkyl halides is 1. The number of halogens is 2. The number of hydrogen-bond acceptors (Lipinski definition) is 1. The van der Waals surface area contributed by atoms with Crippen LogP contribution < -0.4 is 0 Å². The lowest BCUT2D eigenvalue weighted by molar-refractivity contribution is 0.546. The molecule has 56 valence electrons. The second-order valence-electron chi connectivity index (χ2n) is 2.14. The first-order valence-electron chi connectivity index (χ1n) is 2.99. The minimum atomic E-state index is 0.438. The van der Waals surface area contributed by atoms with Crippen LogP contribution in [0, 0.1) is 0 Å². The van der Waals surface area contributed by atoms with Gasteiger partial charge in [0.2, 0.25) is 0 Å². The van der Waals surface area contributed by atoms with Gasteiger partial charge in [0.15, 0.2) is 0 Å². The van der Waals surface area contributed by atoms with Gasteiger partial charge in [-0.05, 0) is 6.92 Å². The van der Waals surface area contributed by atoms with Crippen LogP contribution in [0.1, 0.15) is 13.0 Å². The Balaban J connectivity index is 2.74. The molecule has 0 saturated carbocycles. The molecule has 0 aliphatic carbocycles. The molecule has 0 spiro atoms. The Labute approximate surface area is 78.7 Å². The Morgan fingerprint density at radius 2 is 2.60 bits per heavy atom. The van der Waals surface area contributed by atoms with Crippen molar-refractivity contribution in [2.45, 2.75) is 13.0 Å². The Kier molecular flexibility index (Phi) is 2.97. The molecule has 1 aromatic heterocycles. The van der Waals surface area contributed by atoms with Gasteiger partial charge < -0.3 is 0 Å². The van der Waals surface area contributed by atoms with Crippen molar-refractivity contribution in [1.29, 1.82) is 0 Å². The van der Waals surface area contributed by atoms with E-state index in [0.717, 1.165) is 4.43 Å². The molecule has 0 aliphatic heterocycles. The predicted molar refractivity (Wildman–Crippen MR) is 50.8 cm³/mol. The van der Waals surface area contributed by atoms with Gasteiger partial charge in [-0.15, -0.1) is 0 Å². The third kappa shape index (κ3) is 1.85. The lowest BCUT2D eigenvalue weighted by Crippen LogP contribution is -2.05. The summed E-state index contributed by atoms with van der Waals surface area (Å²) in [7, 11) is 0. The molecular weight excluding hydrogens is 262 g/mol. The van der Waals surface area contributed by atoms with E-state index in [0.29, 0.717) is 11.1 Å². The summed E-state index contributed by atoms with van der Waals surface area (Å²) >= 11 is 8.00. The van der Waals surface area contributed by atoms with Gasteiger partial charge in [-0.25, -0.2) is 0 Å². The number of rotatable bonds is 2. The van der Waals surface area contributed by atoms with Gasteiger partial charge in [0.05, 0.1) is 17.3 Å². The Morgan fingerprint density at radius 3 is 3.00 bits per heavy atom. The first-order chi connectivity index (χ1) is 4.74. The zero-order chi connectivity index (χ0) is 7.56. The molecule has 0 N–H and O–H groups in total. The van der Waals surface area contributed by atoms with E-state index in [4.69, 9.17) is 11.6 Å². The molecule has 10 heavy (non-hydrogen) atoms. The topological polar surface area (TPSA) is 17.8 Å². The SMILES string of the molecule is CC(CI)n1cc(Cl)cn1. The largest absolute Gasteiger partial charge is 0.268 e. The fourth-order valence-corrected chi connectivity index (χ4v) is 1.17. The molecule has 0 aliphatic rings. The molecule has 1 rings (SSSR count). The summed E-state index contributed by atoms with van der Waals surface area (Å²) in [5, 5.41) is 4.77. The molecule has 1 unspecified atom stereocenters. The Morgan fingerprint density at radius 1 is 1.90 bits per heavy atom. The molecule has 1 heterocycles. The summed E-state index contributed by atoms with van der Waals surface area (Å²) in [4.78, 5) is 0. The zero-order valence-corrected chi connectivity index (χ0v) is 8.50. The molecule has 1 atom stereocenters. The van der Waals surface area contributed by atoms with Gasteiger partial charge in [0.1, 0.15) is 0 Å². The fraction of sp³-hybridized carbons (Fsp3) is 0.500. The van der Waals surface area contributed by atoms with Gasteiger partial charge in [0, 0.05) is 10.6 Å². The summed E-state index contributed by atoms with van der Waals surface area (Å²) < 4.78 is 2.92. The minimum absolute atomic E-state index is 0.438. The van der Waals surface area contributed by atoms with Crippen molar-refractivity contribution in [2.75, 3.05) is 4.43 Å². The molecule has 0 bridgehead atoms. The van der Waals surface area contributed by atoms with Crippen molar-refractivity contribution < 1.29 is 0 Å². The van der Waals surface area contributed by atoms with Crippen LogP contribution in [0.3, 0.4) is 0 Å². The average molecular weight is 271 g/mol. The first kappa shape index (κ1) is 8.33. The Hall–Kier alpha value is 0.230. The molecule has 0 amide bonds. The van der Waals surface area contributed by atoms with E-state index in [2.05, 4.69) is 34.6 Å². The van der Waals surface area contributed by atoms with E-state index in [1.807, 2.05) is 10.9 Å². The zero-order valence-electron chi connectivity index (χ0n) is 5.59. The van der Waals surface area contributed by atoms with Crippen LogP contribution in [0.15, 0.2) is 12.4 Å². The van der Waals surface area contributed by atoms with Crippen molar-refractivity contribution in [3.63, 3.8) is 0 Å². The van der Waals surface area contributed by atoms with Crippen LogP contribution in [0.25, 0.3) is 0 Å². The molecule has 1 aromatic rings. The number of hydrogen-bond donors (Lipinski definition) is 0. The summed E-state index contributed by atoms with van der Waals surface area (Å²) in [6, 6.07) is 0.438. The predicted octanol–water partition coefficient (Wildman–Crippen LogP) is 2.53. The highest BCUT2D eigenvalue weighted by molar-refractivity contribution is 14.1. The van der Waals surface area contributed by atoms with Gasteiger partial charge in [0.25, 0.3) is 0 Å². The molecule has 0 fully saturated rings. The lowest BCUT2D eigenvalue weighted by atomic mass is 10.4. The quantitative estimate of drug-likeness (QED) is 0.596. The molecule has 2 nitrogen and oxygen atoms in total. The highest BCUT2D eigenvalue weighted by Crippen LogP contribution is 2.11. The van der Waals surface area contributed by atoms with Gasteiger partial charge >= 0.3 is 0 Å². The van der Waals surface area contributed by atoms with E-state index in [1.54, 1.807) is 6.20 Å². The summed E-state index contributed by atoms with van der Waals surface area (Å²) in [5.41, 5.74) is 0. The standard InChI is InChI=1S/C6H8ClIN2/c1-5(2-8)10-4-6(7)3-9-10/h3-5H,2H2,1H3. The van der Waals surface area contributed by atoms with Gasteiger partial charge in [-0.2, -0.15) is 5.10 Å². The van der Waals surface area contributed by atoms with Crippen molar-refractivity contribution in [3.05, 3.63) is 17.4 Å². The number of nitrogens with zero attached hydrogens (tertiary/aromatic N) is 2. The molecule has 0 radical (unpaired) electrons. The Bertz CT molecular complexity index is 211. The highest BCUT2D eigenvalue weighted by atomic mass is 127. The van der Waals surface area contributed by atoms with Crippen LogP contribution in [-0.2, 0) is 0 Å². The summed E-state index contributed by atoms with van der Waals surface area (Å²) in [6.07, 6.45) is 3.50. The van der Waals surface area contributed by atoms with Crippen LogP contribution in [0.4, 0.5) is 0 Å². The van der Waals surface area contributed by atoms with Crippen LogP contribution in [0.5, 0.6) is 0 Å². The highest BCUT2D eigenvalue weighted by Gasteiger charge is 2.02. The van der Waals surface area contributed by atoms with Crippen molar-refractivity contribution in [2.24, 2.45) is 0 Å². The third-order valence-electron chi connectivity index (χ3n) is 1.24. The second-order valence-corrected chi connectivity index (χ2v) is 3.46. The van der Waals surface area contributed by atoms with Crippen molar-refractivity contribution in [3.8, 4) is 0 Å². The van der Waals surface area contributed by atoms with Gasteiger partial charge in [-0.1, -0.05) is 34.2 Å². The smallest absolute Gasteiger partial charge is 0.0785 e. The van der Waals surface area contributed by atoms with E-state index in [1.165, 1.54) is 0 Å². The normalized spacial score (nSPS) is 13.5.